The van der Waals surface area contributed by atoms with E-state index < -0.39 is 0 Å². The minimum absolute atomic E-state index is 0.222. The molecular weight excluding hydrogens is 167 g/mol. The van der Waals surface area contributed by atoms with Crippen LogP contribution in [0.3, 0.4) is 0 Å². The van der Waals surface area contributed by atoms with Gasteiger partial charge in [-0.2, -0.15) is 0 Å². The van der Waals surface area contributed by atoms with E-state index in [9.17, 15) is 4.39 Å². The van der Waals surface area contributed by atoms with E-state index in [1.165, 1.54) is 0 Å². The quantitative estimate of drug-likeness (QED) is 0.774. The molecule has 0 bridgehead atoms. The monoisotopic (exact) mass is 182 g/mol. The fourth-order valence-electron chi connectivity index (χ4n) is 1.09. The Hall–Kier alpha value is -0.960. The van der Waals surface area contributed by atoms with Gasteiger partial charge in [-0.1, -0.05) is 13.8 Å². The Labute approximate surface area is 78.2 Å². The third-order valence-corrected chi connectivity index (χ3v) is 1.95. The highest BCUT2D eigenvalue weighted by Gasteiger charge is 2.06. The molecule has 0 unspecified atom stereocenters. The molecule has 0 spiro atoms. The molecule has 0 aliphatic heterocycles. The predicted octanol–water partition coefficient (Wildman–Crippen LogP) is 2.06. The van der Waals surface area contributed by atoms with E-state index in [-0.39, 0.29) is 5.82 Å². The van der Waals surface area contributed by atoms with Crippen molar-refractivity contribution in [3.8, 4) is 0 Å². The Kier molecular flexibility index (Phi) is 3.37. The second-order valence-electron chi connectivity index (χ2n) is 3.38. The summed E-state index contributed by atoms with van der Waals surface area (Å²) in [5.74, 6) is 0.103. The molecule has 0 saturated carbocycles. The molecule has 1 heterocycles. The van der Waals surface area contributed by atoms with Crippen molar-refractivity contribution in [3.05, 3.63) is 29.3 Å². The van der Waals surface area contributed by atoms with Crippen LogP contribution in [0.1, 0.15) is 31.0 Å². The van der Waals surface area contributed by atoms with Crippen LogP contribution in [0.15, 0.2) is 12.3 Å². The van der Waals surface area contributed by atoms with Gasteiger partial charge in [0.25, 0.3) is 0 Å². The molecule has 0 aliphatic carbocycles. The van der Waals surface area contributed by atoms with Crippen molar-refractivity contribution in [1.82, 2.24) is 10.3 Å². The lowest BCUT2D eigenvalue weighted by Crippen LogP contribution is -2.09. The van der Waals surface area contributed by atoms with Crippen LogP contribution >= 0.6 is 0 Å². The zero-order chi connectivity index (χ0) is 9.84. The second kappa shape index (κ2) is 4.33. The number of pyridine rings is 1. The summed E-state index contributed by atoms with van der Waals surface area (Å²) < 4.78 is 13.3. The number of hydrogen-bond donors (Lipinski definition) is 1. The largest absolute Gasteiger partial charge is 0.314 e. The molecule has 1 aromatic rings. The zero-order valence-corrected chi connectivity index (χ0v) is 8.26. The van der Waals surface area contributed by atoms with Crippen molar-refractivity contribution in [2.75, 3.05) is 7.05 Å². The van der Waals surface area contributed by atoms with Gasteiger partial charge < -0.3 is 5.32 Å². The summed E-state index contributed by atoms with van der Waals surface area (Å²) in [6.07, 6.45) is 1.74. The van der Waals surface area contributed by atoms with Crippen molar-refractivity contribution in [2.24, 2.45) is 0 Å². The molecule has 13 heavy (non-hydrogen) atoms. The molecule has 0 aromatic carbocycles. The van der Waals surface area contributed by atoms with E-state index in [0.717, 1.165) is 5.56 Å². The Bertz CT molecular complexity index is 284. The molecule has 72 valence electrons. The molecule has 1 N–H and O–H groups in total. The van der Waals surface area contributed by atoms with E-state index in [4.69, 9.17) is 0 Å². The number of nitrogens with one attached hydrogen (secondary N) is 1. The van der Waals surface area contributed by atoms with Gasteiger partial charge in [-0.15, -0.1) is 0 Å². The van der Waals surface area contributed by atoms with Crippen LogP contribution in [0.5, 0.6) is 0 Å². The summed E-state index contributed by atoms with van der Waals surface area (Å²) in [6, 6.07) is 1.56. The Morgan fingerprint density at radius 1 is 1.54 bits per heavy atom. The van der Waals surface area contributed by atoms with E-state index in [2.05, 4.69) is 10.3 Å². The van der Waals surface area contributed by atoms with Gasteiger partial charge in [0.05, 0.1) is 5.69 Å². The summed E-state index contributed by atoms with van der Waals surface area (Å²) in [5, 5.41) is 2.87. The highest BCUT2D eigenvalue weighted by molar-refractivity contribution is 5.18. The van der Waals surface area contributed by atoms with Gasteiger partial charge in [0.2, 0.25) is 0 Å². The van der Waals surface area contributed by atoms with Crippen LogP contribution in [-0.4, -0.2) is 12.0 Å². The molecule has 0 radical (unpaired) electrons. The number of rotatable bonds is 3. The molecular formula is C10H15FN2. The molecule has 1 rings (SSSR count). The van der Waals surface area contributed by atoms with Crippen LogP contribution < -0.4 is 5.32 Å². The molecule has 3 heteroatoms. The number of halogens is 1. The van der Waals surface area contributed by atoms with Gasteiger partial charge >= 0.3 is 0 Å². The van der Waals surface area contributed by atoms with Crippen molar-refractivity contribution in [2.45, 2.75) is 26.3 Å². The second-order valence-corrected chi connectivity index (χ2v) is 3.38. The normalized spacial score (nSPS) is 10.8. The molecule has 0 amide bonds. The summed E-state index contributed by atoms with van der Waals surface area (Å²) >= 11 is 0. The standard InChI is InChI=1S/C10H15FN2/c1-7(2)8-4-9(11)10(6-12-3)13-5-8/h4-5,7,12H,6H2,1-3H3. The first-order valence-electron chi connectivity index (χ1n) is 4.44. The lowest BCUT2D eigenvalue weighted by molar-refractivity contribution is 0.583. The topological polar surface area (TPSA) is 24.9 Å². The van der Waals surface area contributed by atoms with Gasteiger partial charge in [-0.25, -0.2) is 4.39 Å². The number of nitrogens with zero attached hydrogens (tertiary/aromatic N) is 1. The summed E-state index contributed by atoms with van der Waals surface area (Å²) in [6.45, 7) is 4.52. The van der Waals surface area contributed by atoms with Crippen LogP contribution in [0.2, 0.25) is 0 Å². The van der Waals surface area contributed by atoms with Crippen LogP contribution in [0, 0.1) is 5.82 Å². The zero-order valence-electron chi connectivity index (χ0n) is 8.26. The van der Waals surface area contributed by atoms with E-state index in [0.29, 0.717) is 18.2 Å². The first-order valence-corrected chi connectivity index (χ1v) is 4.44. The van der Waals surface area contributed by atoms with E-state index >= 15 is 0 Å². The molecule has 0 fully saturated rings. The average Bonchev–Trinajstić information content (AvgIpc) is 2.08. The Morgan fingerprint density at radius 2 is 2.23 bits per heavy atom. The van der Waals surface area contributed by atoms with E-state index in [1.807, 2.05) is 13.8 Å². The maximum absolute atomic E-state index is 13.3. The van der Waals surface area contributed by atoms with Gasteiger partial charge in [0.15, 0.2) is 0 Å². The van der Waals surface area contributed by atoms with Gasteiger partial charge in [-0.05, 0) is 24.6 Å². The molecule has 0 aliphatic rings. The number of hydrogen-bond acceptors (Lipinski definition) is 2. The van der Waals surface area contributed by atoms with E-state index in [1.54, 1.807) is 19.3 Å². The lowest BCUT2D eigenvalue weighted by Gasteiger charge is -2.07. The Balaban J connectivity index is 2.92. The molecule has 1 aromatic heterocycles. The number of aromatic nitrogens is 1. The molecule has 2 nitrogen and oxygen atoms in total. The van der Waals surface area contributed by atoms with Crippen molar-refractivity contribution in [3.63, 3.8) is 0 Å². The molecule has 0 atom stereocenters. The minimum Gasteiger partial charge on any atom is -0.314 e. The Morgan fingerprint density at radius 3 is 2.69 bits per heavy atom. The lowest BCUT2D eigenvalue weighted by atomic mass is 10.1. The van der Waals surface area contributed by atoms with Crippen molar-refractivity contribution < 1.29 is 4.39 Å². The fourth-order valence-corrected chi connectivity index (χ4v) is 1.09. The van der Waals surface area contributed by atoms with Crippen molar-refractivity contribution in [1.29, 1.82) is 0 Å². The predicted molar refractivity (Wildman–Crippen MR) is 51.0 cm³/mol. The summed E-state index contributed by atoms with van der Waals surface area (Å²) in [7, 11) is 1.78. The first kappa shape index (κ1) is 10.1. The van der Waals surface area contributed by atoms with Crippen LogP contribution in [0.25, 0.3) is 0 Å². The van der Waals surface area contributed by atoms with Gasteiger partial charge in [0.1, 0.15) is 5.82 Å². The van der Waals surface area contributed by atoms with Crippen molar-refractivity contribution >= 4 is 0 Å². The fraction of sp³-hybridized carbons (Fsp3) is 0.500. The third-order valence-electron chi connectivity index (χ3n) is 1.95. The minimum atomic E-state index is -0.222. The SMILES string of the molecule is CNCc1ncc(C(C)C)cc1F. The molecule has 0 saturated heterocycles. The maximum Gasteiger partial charge on any atom is 0.146 e. The highest BCUT2D eigenvalue weighted by atomic mass is 19.1. The third kappa shape index (κ3) is 2.49. The van der Waals surface area contributed by atoms with Crippen LogP contribution in [0.4, 0.5) is 4.39 Å². The first-order chi connectivity index (χ1) is 6.15. The summed E-state index contributed by atoms with van der Waals surface area (Å²) in [5.41, 5.74) is 1.42. The highest BCUT2D eigenvalue weighted by Crippen LogP contribution is 2.15. The van der Waals surface area contributed by atoms with Crippen LogP contribution in [-0.2, 0) is 6.54 Å². The summed E-state index contributed by atoms with van der Waals surface area (Å²) in [4.78, 5) is 4.05. The average molecular weight is 182 g/mol. The van der Waals surface area contributed by atoms with Gasteiger partial charge in [0, 0.05) is 12.7 Å². The van der Waals surface area contributed by atoms with Gasteiger partial charge in [-0.3, -0.25) is 4.98 Å². The smallest absolute Gasteiger partial charge is 0.146 e. The maximum atomic E-state index is 13.3.